The summed E-state index contributed by atoms with van der Waals surface area (Å²) < 4.78 is 48.6. The Morgan fingerprint density at radius 2 is 1.52 bits per heavy atom. The largest absolute Gasteiger partial charge is 0.495 e. The predicted molar refractivity (Wildman–Crippen MR) is 168 cm³/mol. The third-order valence-electron chi connectivity index (χ3n) is 7.10. The first-order valence-corrected chi connectivity index (χ1v) is 15.7. The van der Waals surface area contributed by atoms with Crippen LogP contribution in [0, 0.1) is 12.7 Å². The summed E-state index contributed by atoms with van der Waals surface area (Å²) in [4.78, 5) is 29.3. The summed E-state index contributed by atoms with van der Waals surface area (Å²) in [7, 11) is -2.84. The molecule has 0 aliphatic heterocycles. The Balaban J connectivity index is 1.83. The molecule has 0 aromatic heterocycles. The monoisotopic (exact) mass is 617 g/mol. The van der Waals surface area contributed by atoms with Gasteiger partial charge < -0.3 is 15.0 Å². The van der Waals surface area contributed by atoms with E-state index < -0.39 is 40.2 Å². The molecule has 0 unspecified atom stereocenters. The van der Waals surface area contributed by atoms with Crippen LogP contribution in [-0.2, 0) is 32.6 Å². The van der Waals surface area contributed by atoms with Crippen LogP contribution in [0.2, 0.25) is 0 Å². The highest BCUT2D eigenvalue weighted by molar-refractivity contribution is 7.92. The molecule has 44 heavy (non-hydrogen) atoms. The topological polar surface area (TPSA) is 96.0 Å². The second-order valence-corrected chi connectivity index (χ2v) is 12.1. The van der Waals surface area contributed by atoms with Crippen LogP contribution in [0.4, 0.5) is 10.1 Å². The van der Waals surface area contributed by atoms with E-state index in [4.69, 9.17) is 4.74 Å². The van der Waals surface area contributed by atoms with Gasteiger partial charge in [-0.05, 0) is 66.9 Å². The summed E-state index contributed by atoms with van der Waals surface area (Å²) in [6.07, 6.45) is 0.179. The molecule has 0 aliphatic rings. The number of ether oxygens (including phenoxy) is 1. The Morgan fingerprint density at radius 1 is 0.886 bits per heavy atom. The minimum absolute atomic E-state index is 0.00833. The summed E-state index contributed by atoms with van der Waals surface area (Å²) in [5.74, 6) is -1.19. The van der Waals surface area contributed by atoms with E-state index in [-0.39, 0.29) is 29.3 Å². The number of amides is 2. The molecule has 4 aromatic carbocycles. The maximum atomic E-state index is 14.4. The van der Waals surface area contributed by atoms with Crippen LogP contribution < -0.4 is 14.4 Å². The maximum absolute atomic E-state index is 14.4. The Kier molecular flexibility index (Phi) is 10.7. The standard InChI is InChI=1S/C34H36FN3O5S/c1-4-36-34(40)31(22-26-11-7-5-8-12-26)37(23-27-16-18-28(35)19-17-27)33(39)24-38(30-21-25(2)15-20-32(30)43-3)44(41,42)29-13-9-6-10-14-29/h5-21,31H,4,22-24H2,1-3H3,(H,36,40)/t31-/m0/s1. The molecule has 0 radical (unpaired) electrons. The predicted octanol–water partition coefficient (Wildman–Crippen LogP) is 5.11. The van der Waals surface area contributed by atoms with Crippen molar-refractivity contribution in [2.75, 3.05) is 24.5 Å². The zero-order chi connectivity index (χ0) is 31.7. The van der Waals surface area contributed by atoms with Crippen molar-refractivity contribution in [3.8, 4) is 5.75 Å². The molecule has 0 saturated heterocycles. The fraction of sp³-hybridized carbons (Fsp3) is 0.235. The van der Waals surface area contributed by atoms with E-state index in [0.717, 1.165) is 15.4 Å². The van der Waals surface area contributed by atoms with E-state index in [1.807, 2.05) is 37.3 Å². The molecular weight excluding hydrogens is 581 g/mol. The zero-order valence-corrected chi connectivity index (χ0v) is 25.8. The van der Waals surface area contributed by atoms with Crippen molar-refractivity contribution in [1.82, 2.24) is 10.2 Å². The molecule has 230 valence electrons. The summed E-state index contributed by atoms with van der Waals surface area (Å²) in [5.41, 5.74) is 2.33. The van der Waals surface area contributed by atoms with Gasteiger partial charge >= 0.3 is 0 Å². The van der Waals surface area contributed by atoms with Crippen LogP contribution in [-0.4, -0.2) is 51.4 Å². The van der Waals surface area contributed by atoms with E-state index in [1.165, 1.54) is 48.4 Å². The number of hydrogen-bond acceptors (Lipinski definition) is 5. The number of likely N-dealkylation sites (N-methyl/N-ethyl adjacent to an activating group) is 1. The SMILES string of the molecule is CCNC(=O)[C@H](Cc1ccccc1)N(Cc1ccc(F)cc1)C(=O)CN(c1cc(C)ccc1OC)S(=O)(=O)c1ccccc1. The van der Waals surface area contributed by atoms with Crippen molar-refractivity contribution in [2.45, 2.75) is 37.8 Å². The number of nitrogens with zero attached hydrogens (tertiary/aromatic N) is 2. The molecule has 0 fully saturated rings. The minimum Gasteiger partial charge on any atom is -0.495 e. The highest BCUT2D eigenvalue weighted by atomic mass is 32.2. The molecule has 0 aliphatic carbocycles. The van der Waals surface area contributed by atoms with Crippen LogP contribution in [0.15, 0.2) is 108 Å². The number of sulfonamides is 1. The summed E-state index contributed by atoms with van der Waals surface area (Å²) >= 11 is 0. The zero-order valence-electron chi connectivity index (χ0n) is 24.9. The molecule has 10 heteroatoms. The van der Waals surface area contributed by atoms with Crippen molar-refractivity contribution >= 4 is 27.5 Å². The number of methoxy groups -OCH3 is 1. The Morgan fingerprint density at radius 3 is 2.14 bits per heavy atom. The number of aryl methyl sites for hydroxylation is 1. The van der Waals surface area contributed by atoms with Gasteiger partial charge in [0.05, 0.1) is 17.7 Å². The highest BCUT2D eigenvalue weighted by Gasteiger charge is 2.35. The molecule has 4 rings (SSSR count). The highest BCUT2D eigenvalue weighted by Crippen LogP contribution is 2.34. The van der Waals surface area contributed by atoms with Gasteiger partial charge in [0.2, 0.25) is 11.8 Å². The van der Waals surface area contributed by atoms with Gasteiger partial charge in [-0.2, -0.15) is 0 Å². The molecule has 8 nitrogen and oxygen atoms in total. The van der Waals surface area contributed by atoms with Crippen LogP contribution in [0.1, 0.15) is 23.6 Å². The Bertz CT molecular complexity index is 1670. The molecular formula is C34H36FN3O5S. The van der Waals surface area contributed by atoms with Crippen molar-refractivity contribution in [3.05, 3.63) is 126 Å². The van der Waals surface area contributed by atoms with Crippen molar-refractivity contribution in [1.29, 1.82) is 0 Å². The lowest BCUT2D eigenvalue weighted by molar-refractivity contribution is -0.140. The van der Waals surface area contributed by atoms with Gasteiger partial charge in [0, 0.05) is 19.5 Å². The minimum atomic E-state index is -4.27. The van der Waals surface area contributed by atoms with E-state index in [0.29, 0.717) is 12.1 Å². The second kappa shape index (κ2) is 14.7. The number of carbonyl (C=O) groups excluding carboxylic acids is 2. The number of benzene rings is 4. The van der Waals surface area contributed by atoms with Gasteiger partial charge in [0.25, 0.3) is 10.0 Å². The molecule has 2 amide bonds. The van der Waals surface area contributed by atoms with Crippen LogP contribution in [0.5, 0.6) is 5.75 Å². The Hall–Kier alpha value is -4.70. The third-order valence-corrected chi connectivity index (χ3v) is 8.88. The van der Waals surface area contributed by atoms with Gasteiger partial charge in [-0.15, -0.1) is 0 Å². The fourth-order valence-corrected chi connectivity index (χ4v) is 6.30. The molecule has 1 atom stereocenters. The molecule has 1 N–H and O–H groups in total. The number of rotatable bonds is 13. The molecule has 0 saturated carbocycles. The normalized spacial score (nSPS) is 11.8. The van der Waals surface area contributed by atoms with Gasteiger partial charge in [-0.3, -0.25) is 13.9 Å². The second-order valence-electron chi connectivity index (χ2n) is 10.2. The van der Waals surface area contributed by atoms with Crippen LogP contribution in [0.25, 0.3) is 0 Å². The third kappa shape index (κ3) is 7.82. The van der Waals surface area contributed by atoms with Gasteiger partial charge in [0.1, 0.15) is 24.2 Å². The fourth-order valence-electron chi connectivity index (χ4n) is 4.86. The van der Waals surface area contributed by atoms with Crippen molar-refractivity contribution in [3.63, 3.8) is 0 Å². The molecule has 4 aromatic rings. The summed E-state index contributed by atoms with van der Waals surface area (Å²) in [5, 5.41) is 2.82. The smallest absolute Gasteiger partial charge is 0.264 e. The molecule has 0 heterocycles. The van der Waals surface area contributed by atoms with Gasteiger partial charge in [-0.1, -0.05) is 66.7 Å². The van der Waals surface area contributed by atoms with Crippen molar-refractivity contribution in [2.24, 2.45) is 0 Å². The number of halogens is 1. The average Bonchev–Trinajstić information content (AvgIpc) is 3.03. The number of carbonyl (C=O) groups is 2. The molecule has 0 bridgehead atoms. The number of nitrogens with one attached hydrogen (secondary N) is 1. The number of anilines is 1. The quantitative estimate of drug-likeness (QED) is 0.225. The first-order chi connectivity index (χ1) is 21.1. The lowest BCUT2D eigenvalue weighted by atomic mass is 10.0. The van der Waals surface area contributed by atoms with Crippen LogP contribution in [0.3, 0.4) is 0 Å². The first-order valence-electron chi connectivity index (χ1n) is 14.2. The van der Waals surface area contributed by atoms with Gasteiger partial charge in [0.15, 0.2) is 0 Å². The van der Waals surface area contributed by atoms with E-state index in [1.54, 1.807) is 43.3 Å². The average molecular weight is 618 g/mol. The van der Waals surface area contributed by atoms with E-state index in [9.17, 15) is 22.4 Å². The van der Waals surface area contributed by atoms with Crippen LogP contribution >= 0.6 is 0 Å². The first kappa shape index (κ1) is 32.2. The Labute approximate surface area is 258 Å². The number of hydrogen-bond donors (Lipinski definition) is 1. The summed E-state index contributed by atoms with van der Waals surface area (Å²) in [6.45, 7) is 3.24. The van der Waals surface area contributed by atoms with Gasteiger partial charge in [-0.25, -0.2) is 12.8 Å². The molecule has 0 spiro atoms. The lowest BCUT2D eigenvalue weighted by Crippen LogP contribution is -2.53. The van der Waals surface area contributed by atoms with Crippen molar-refractivity contribution < 1.29 is 27.1 Å². The maximum Gasteiger partial charge on any atom is 0.264 e. The summed E-state index contributed by atoms with van der Waals surface area (Å²) in [6, 6.07) is 26.8. The van der Waals surface area contributed by atoms with E-state index in [2.05, 4.69) is 5.32 Å². The lowest BCUT2D eigenvalue weighted by Gasteiger charge is -2.34. The van der Waals surface area contributed by atoms with E-state index >= 15 is 0 Å².